The molecule has 1 aliphatic heterocycles. The largest absolute Gasteiger partial charge is 0.584 e. The predicted molar refractivity (Wildman–Crippen MR) is 162 cm³/mol. The van der Waals surface area contributed by atoms with Crippen LogP contribution in [0.5, 0.6) is 11.5 Å². The van der Waals surface area contributed by atoms with E-state index in [1.807, 2.05) is 49.4 Å². The van der Waals surface area contributed by atoms with Crippen LogP contribution in [0.4, 0.5) is 0 Å². The van der Waals surface area contributed by atoms with Gasteiger partial charge in [0, 0.05) is 32.3 Å². The monoisotopic (exact) mass is 590 g/mol. The highest BCUT2D eigenvalue weighted by Crippen LogP contribution is 2.61. The lowest BCUT2D eigenvalue weighted by atomic mass is 9.77. The first-order chi connectivity index (χ1) is 19.3. The van der Waals surface area contributed by atoms with Crippen molar-refractivity contribution in [2.45, 2.75) is 58.3 Å². The Bertz CT molecular complexity index is 1730. The van der Waals surface area contributed by atoms with Crippen molar-refractivity contribution in [1.29, 1.82) is 0 Å². The van der Waals surface area contributed by atoms with E-state index in [9.17, 15) is 9.46 Å². The Morgan fingerprint density at radius 2 is 1.20 bits per heavy atom. The molecule has 4 aromatic rings. The number of aryl methyl sites for hydroxylation is 3. The minimum Gasteiger partial charge on any atom is -0.394 e. The van der Waals surface area contributed by atoms with Gasteiger partial charge in [0.05, 0.1) is 0 Å². The third-order valence-corrected chi connectivity index (χ3v) is 10.00. The van der Waals surface area contributed by atoms with E-state index in [-0.39, 0.29) is 0 Å². The third kappa shape index (κ3) is 4.46. The zero-order valence-corrected chi connectivity index (χ0v) is 24.6. The van der Waals surface area contributed by atoms with Crippen molar-refractivity contribution < 1.29 is 18.5 Å². The van der Waals surface area contributed by atoms with Crippen LogP contribution in [0.2, 0.25) is 10.0 Å². The molecule has 3 aliphatic rings. The highest BCUT2D eigenvalue weighted by molar-refractivity contribution is 7.48. The fourth-order valence-electron chi connectivity index (χ4n) is 6.61. The van der Waals surface area contributed by atoms with Crippen LogP contribution in [0.15, 0.2) is 54.6 Å². The Hall–Kier alpha value is -2.75. The molecule has 0 saturated carbocycles. The van der Waals surface area contributed by atoms with Crippen LogP contribution >= 0.6 is 31.0 Å². The summed E-state index contributed by atoms with van der Waals surface area (Å²) < 4.78 is 25.9. The van der Waals surface area contributed by atoms with Gasteiger partial charge < -0.3 is 9.05 Å². The molecule has 0 bridgehead atoms. The number of phosphoric acid groups is 1. The lowest BCUT2D eigenvalue weighted by Gasteiger charge is -2.28. The lowest BCUT2D eigenvalue weighted by molar-refractivity contribution is 0.295. The van der Waals surface area contributed by atoms with Gasteiger partial charge in [-0.15, -0.1) is 0 Å². The van der Waals surface area contributed by atoms with Crippen molar-refractivity contribution in [1.82, 2.24) is 0 Å². The van der Waals surface area contributed by atoms with E-state index in [2.05, 4.69) is 12.1 Å². The molecule has 0 aromatic heterocycles. The summed E-state index contributed by atoms with van der Waals surface area (Å²) in [5.74, 6) is 0.845. The number of rotatable bonds is 2. The topological polar surface area (TPSA) is 55.8 Å². The highest BCUT2D eigenvalue weighted by atomic mass is 35.5. The number of hydrogen-bond acceptors (Lipinski definition) is 3. The van der Waals surface area contributed by atoms with Crippen molar-refractivity contribution in [2.24, 2.45) is 0 Å². The molecule has 7 heteroatoms. The van der Waals surface area contributed by atoms with E-state index < -0.39 is 7.82 Å². The fourth-order valence-corrected chi connectivity index (χ4v) is 7.73. The lowest BCUT2D eigenvalue weighted by Crippen LogP contribution is -2.10. The first-order valence-corrected chi connectivity index (χ1v) is 16.2. The van der Waals surface area contributed by atoms with E-state index in [1.165, 1.54) is 22.3 Å². The average molecular weight is 591 g/mol. The second-order valence-electron chi connectivity index (χ2n) is 11.1. The Labute approximate surface area is 244 Å². The number of fused-ring (bicyclic) bond motifs is 7. The summed E-state index contributed by atoms with van der Waals surface area (Å²) in [4.78, 5) is 11.2. The van der Waals surface area contributed by atoms with Crippen molar-refractivity contribution >= 4 is 31.0 Å². The van der Waals surface area contributed by atoms with Crippen molar-refractivity contribution in [3.8, 4) is 44.9 Å². The smallest absolute Gasteiger partial charge is 0.394 e. The van der Waals surface area contributed by atoms with Gasteiger partial charge in [0.15, 0.2) is 0 Å². The van der Waals surface area contributed by atoms with Crippen LogP contribution in [0.3, 0.4) is 0 Å². The summed E-state index contributed by atoms with van der Waals surface area (Å²) in [6.07, 6.45) is 8.01. The molecular formula is C33H29Cl2O4P. The summed E-state index contributed by atoms with van der Waals surface area (Å²) in [5, 5.41) is 1.31. The first-order valence-electron chi connectivity index (χ1n) is 13.9. The summed E-state index contributed by atoms with van der Waals surface area (Å²) in [6.45, 7) is 1.97. The minimum atomic E-state index is -4.54. The highest BCUT2D eigenvalue weighted by Gasteiger charge is 2.39. The minimum absolute atomic E-state index is 0.421. The van der Waals surface area contributed by atoms with Gasteiger partial charge in [0.1, 0.15) is 11.5 Å². The Balaban J connectivity index is 1.62. The maximum absolute atomic E-state index is 13.7. The van der Waals surface area contributed by atoms with Crippen LogP contribution in [0.1, 0.15) is 53.5 Å². The zero-order chi connectivity index (χ0) is 27.6. The molecule has 204 valence electrons. The normalized spacial score (nSPS) is 19.3. The Morgan fingerprint density at radius 1 is 0.700 bits per heavy atom. The molecule has 0 spiro atoms. The molecule has 0 saturated heterocycles. The van der Waals surface area contributed by atoms with E-state index in [0.29, 0.717) is 21.5 Å². The molecule has 0 fully saturated rings. The number of phosphoric ester groups is 1. The van der Waals surface area contributed by atoms with E-state index in [4.69, 9.17) is 32.2 Å². The third-order valence-electron chi connectivity index (χ3n) is 8.49. The molecule has 4 nitrogen and oxygen atoms in total. The molecule has 4 aromatic carbocycles. The quantitative estimate of drug-likeness (QED) is 0.236. The molecule has 0 radical (unpaired) electrons. The number of halogens is 2. The Kier molecular flexibility index (Phi) is 6.52. The van der Waals surface area contributed by atoms with Gasteiger partial charge in [0.25, 0.3) is 0 Å². The summed E-state index contributed by atoms with van der Waals surface area (Å²) in [7, 11) is -4.54. The maximum atomic E-state index is 13.7. The zero-order valence-electron chi connectivity index (χ0n) is 22.2. The summed E-state index contributed by atoms with van der Waals surface area (Å²) in [5.41, 5.74) is 11.0. The van der Waals surface area contributed by atoms with E-state index in [1.54, 1.807) is 0 Å². The standard InChI is InChI=1S/C33H29Cl2O4P/c1-19-16-23(12-15-29(19)35)28-18-22-7-3-5-9-26(22)31-30-25-8-4-2-6-21(25)17-27(20-10-13-24(34)14-11-20)32(30)38-40(36,37)39-33(28)31/h10-18H,2-9H2,1H3,(H,36,37). The van der Waals surface area contributed by atoms with Gasteiger partial charge >= 0.3 is 7.82 Å². The predicted octanol–water partition coefficient (Wildman–Crippen LogP) is 9.93. The van der Waals surface area contributed by atoms with Crippen LogP contribution in [0, 0.1) is 6.92 Å². The van der Waals surface area contributed by atoms with Crippen molar-refractivity contribution in [2.75, 3.05) is 0 Å². The average Bonchev–Trinajstić information content (AvgIpc) is 3.07. The molecular weight excluding hydrogens is 562 g/mol. The second-order valence-corrected chi connectivity index (χ2v) is 13.2. The van der Waals surface area contributed by atoms with Crippen molar-refractivity contribution in [3.05, 3.63) is 92.5 Å². The molecule has 40 heavy (non-hydrogen) atoms. The van der Waals surface area contributed by atoms with Gasteiger partial charge in [0.2, 0.25) is 0 Å². The van der Waals surface area contributed by atoms with Crippen molar-refractivity contribution in [3.63, 3.8) is 0 Å². The van der Waals surface area contributed by atoms with E-state index >= 15 is 0 Å². The van der Waals surface area contributed by atoms with Gasteiger partial charge in [-0.1, -0.05) is 41.4 Å². The van der Waals surface area contributed by atoms with Gasteiger partial charge in [-0.25, -0.2) is 4.57 Å². The SMILES string of the molecule is Cc1cc(-c2cc3c(c4c2OP(=O)(O)Oc2c(-c5ccc(Cl)cc5)cc5c(c2-4)CCCC5)CCCC3)ccc1Cl. The molecule has 7 rings (SSSR count). The number of benzene rings is 4. The second kappa shape index (κ2) is 9.96. The molecule has 1 N–H and O–H groups in total. The molecule has 2 aliphatic carbocycles. The van der Waals surface area contributed by atoms with Gasteiger partial charge in [-0.2, -0.15) is 0 Å². The molecule has 1 atom stereocenters. The van der Waals surface area contributed by atoms with Crippen LogP contribution in [-0.4, -0.2) is 4.89 Å². The molecule has 1 heterocycles. The van der Waals surface area contributed by atoms with E-state index in [0.717, 1.165) is 90.3 Å². The van der Waals surface area contributed by atoms with Crippen LogP contribution in [0.25, 0.3) is 33.4 Å². The fraction of sp³-hybridized carbons (Fsp3) is 0.273. The van der Waals surface area contributed by atoms with Gasteiger partial charge in [-0.05, 0) is 134 Å². The molecule has 1 unspecified atom stereocenters. The first kappa shape index (κ1) is 26.2. The summed E-state index contributed by atoms with van der Waals surface area (Å²) in [6, 6.07) is 17.7. The van der Waals surface area contributed by atoms with Gasteiger partial charge in [-0.3, -0.25) is 4.89 Å². The number of hydrogen-bond donors (Lipinski definition) is 1. The van der Waals surface area contributed by atoms with Crippen LogP contribution in [-0.2, 0) is 30.2 Å². The summed E-state index contributed by atoms with van der Waals surface area (Å²) >= 11 is 12.6. The Morgan fingerprint density at radius 3 is 1.75 bits per heavy atom. The maximum Gasteiger partial charge on any atom is 0.584 e. The van der Waals surface area contributed by atoms with Crippen LogP contribution < -0.4 is 9.05 Å². The molecule has 0 amide bonds.